The maximum absolute atomic E-state index is 11.7. The van der Waals surface area contributed by atoms with Gasteiger partial charge in [-0.1, -0.05) is 13.3 Å². The van der Waals surface area contributed by atoms with Crippen LogP contribution in [0, 0.1) is 12.8 Å². The van der Waals surface area contributed by atoms with Gasteiger partial charge in [0.1, 0.15) is 0 Å². The van der Waals surface area contributed by atoms with Crippen LogP contribution in [0.1, 0.15) is 36.6 Å². The van der Waals surface area contributed by atoms with Crippen LogP contribution in [0.4, 0.5) is 0 Å². The Bertz CT molecular complexity index is 406. The van der Waals surface area contributed by atoms with E-state index in [2.05, 4.69) is 12.2 Å². The van der Waals surface area contributed by atoms with Gasteiger partial charge in [-0.3, -0.25) is 4.79 Å². The standard InChI is InChI=1S/C15H23NO2S/c1-3-4-13(7-9-17)11-16-15(18)6-5-14-12(2)8-10-19-14/h5-6,8,10,13,17H,3-4,7,9,11H2,1-2H3,(H,16,18)/b6-5+. The molecule has 0 spiro atoms. The van der Waals surface area contributed by atoms with E-state index in [0.717, 1.165) is 24.1 Å². The molecule has 0 saturated carbocycles. The minimum Gasteiger partial charge on any atom is -0.396 e. The van der Waals surface area contributed by atoms with Crippen LogP contribution in [0.25, 0.3) is 6.08 Å². The third-order valence-corrected chi connectivity index (χ3v) is 4.07. The van der Waals surface area contributed by atoms with Crippen LogP contribution in [-0.2, 0) is 4.79 Å². The number of aliphatic hydroxyl groups is 1. The molecular formula is C15H23NO2S. The van der Waals surface area contributed by atoms with E-state index >= 15 is 0 Å². The average Bonchev–Trinajstić information content (AvgIpc) is 2.79. The number of amides is 1. The van der Waals surface area contributed by atoms with E-state index in [1.807, 2.05) is 24.4 Å². The lowest BCUT2D eigenvalue weighted by atomic mass is 10.0. The summed E-state index contributed by atoms with van der Waals surface area (Å²) in [5, 5.41) is 13.9. The Morgan fingerprint density at radius 2 is 2.32 bits per heavy atom. The fraction of sp³-hybridized carbons (Fsp3) is 0.533. The van der Waals surface area contributed by atoms with Crippen molar-refractivity contribution in [3.63, 3.8) is 0 Å². The second kappa shape index (κ2) is 8.88. The van der Waals surface area contributed by atoms with E-state index in [0.29, 0.717) is 12.5 Å². The van der Waals surface area contributed by atoms with Crippen LogP contribution in [-0.4, -0.2) is 24.2 Å². The number of hydrogen-bond donors (Lipinski definition) is 2. The van der Waals surface area contributed by atoms with E-state index in [4.69, 9.17) is 5.11 Å². The lowest BCUT2D eigenvalue weighted by Gasteiger charge is -2.14. The van der Waals surface area contributed by atoms with Gasteiger partial charge in [0, 0.05) is 24.1 Å². The van der Waals surface area contributed by atoms with Crippen molar-refractivity contribution in [2.75, 3.05) is 13.2 Å². The molecule has 0 aliphatic rings. The fourth-order valence-corrected chi connectivity index (χ4v) is 2.77. The zero-order valence-electron chi connectivity index (χ0n) is 11.7. The first-order chi connectivity index (χ1) is 9.17. The Morgan fingerprint density at radius 3 is 2.89 bits per heavy atom. The maximum atomic E-state index is 11.7. The molecule has 0 radical (unpaired) electrons. The summed E-state index contributed by atoms with van der Waals surface area (Å²) in [6, 6.07) is 2.04. The highest BCUT2D eigenvalue weighted by Crippen LogP contribution is 2.16. The van der Waals surface area contributed by atoms with Gasteiger partial charge in [0.15, 0.2) is 0 Å². The quantitative estimate of drug-likeness (QED) is 0.720. The molecule has 1 atom stereocenters. The number of nitrogens with one attached hydrogen (secondary N) is 1. The summed E-state index contributed by atoms with van der Waals surface area (Å²) in [5.74, 6) is 0.308. The van der Waals surface area contributed by atoms with Crippen molar-refractivity contribution >= 4 is 23.3 Å². The topological polar surface area (TPSA) is 49.3 Å². The highest BCUT2D eigenvalue weighted by Gasteiger charge is 2.08. The Hall–Kier alpha value is -1.13. The Labute approximate surface area is 119 Å². The molecule has 2 N–H and O–H groups in total. The molecule has 4 heteroatoms. The van der Waals surface area contributed by atoms with Gasteiger partial charge >= 0.3 is 0 Å². The molecule has 0 aliphatic carbocycles. The number of rotatable bonds is 8. The number of hydrogen-bond acceptors (Lipinski definition) is 3. The molecule has 3 nitrogen and oxygen atoms in total. The third-order valence-electron chi connectivity index (χ3n) is 3.09. The SMILES string of the molecule is CCCC(CCO)CNC(=O)/C=C/c1sccc1C. The summed E-state index contributed by atoms with van der Waals surface area (Å²) in [6.45, 7) is 4.98. The van der Waals surface area contributed by atoms with Crippen LogP contribution < -0.4 is 5.32 Å². The largest absolute Gasteiger partial charge is 0.396 e. The molecule has 1 aromatic heterocycles. The number of aryl methyl sites for hydroxylation is 1. The average molecular weight is 281 g/mol. The number of carbonyl (C=O) groups excluding carboxylic acids is 1. The second-order valence-corrected chi connectivity index (χ2v) is 5.66. The molecule has 0 fully saturated rings. The molecule has 106 valence electrons. The number of aliphatic hydroxyl groups excluding tert-OH is 1. The summed E-state index contributed by atoms with van der Waals surface area (Å²) in [7, 11) is 0. The van der Waals surface area contributed by atoms with Crippen LogP contribution >= 0.6 is 11.3 Å². The first-order valence-electron chi connectivity index (χ1n) is 6.78. The van der Waals surface area contributed by atoms with Gasteiger partial charge in [0.25, 0.3) is 0 Å². The zero-order valence-corrected chi connectivity index (χ0v) is 12.5. The van der Waals surface area contributed by atoms with Gasteiger partial charge in [-0.05, 0) is 48.8 Å². The molecule has 1 unspecified atom stereocenters. The van der Waals surface area contributed by atoms with Crippen molar-refractivity contribution in [3.8, 4) is 0 Å². The second-order valence-electron chi connectivity index (χ2n) is 4.71. The lowest BCUT2D eigenvalue weighted by Crippen LogP contribution is -2.28. The molecule has 19 heavy (non-hydrogen) atoms. The zero-order chi connectivity index (χ0) is 14.1. The highest BCUT2D eigenvalue weighted by atomic mass is 32.1. The summed E-state index contributed by atoms with van der Waals surface area (Å²) in [6.07, 6.45) is 6.30. The van der Waals surface area contributed by atoms with Crippen molar-refractivity contribution in [1.82, 2.24) is 5.32 Å². The number of thiophene rings is 1. The van der Waals surface area contributed by atoms with Crippen molar-refractivity contribution < 1.29 is 9.90 Å². The molecule has 0 saturated heterocycles. The Kier molecular flexibility index (Phi) is 7.45. The maximum Gasteiger partial charge on any atom is 0.244 e. The molecule has 1 rings (SSSR count). The van der Waals surface area contributed by atoms with E-state index in [-0.39, 0.29) is 12.5 Å². The minimum atomic E-state index is -0.0631. The van der Waals surface area contributed by atoms with Crippen LogP contribution in [0.15, 0.2) is 17.5 Å². The summed E-state index contributed by atoms with van der Waals surface area (Å²) >= 11 is 1.63. The predicted octanol–water partition coefficient (Wildman–Crippen LogP) is 2.98. The van der Waals surface area contributed by atoms with Crippen molar-refractivity contribution in [1.29, 1.82) is 0 Å². The van der Waals surface area contributed by atoms with E-state index in [1.165, 1.54) is 5.56 Å². The highest BCUT2D eigenvalue weighted by molar-refractivity contribution is 7.11. The monoisotopic (exact) mass is 281 g/mol. The summed E-state index contributed by atoms with van der Waals surface area (Å²) in [5.41, 5.74) is 1.19. The number of carbonyl (C=O) groups is 1. The minimum absolute atomic E-state index is 0.0631. The van der Waals surface area contributed by atoms with Crippen LogP contribution in [0.2, 0.25) is 0 Å². The van der Waals surface area contributed by atoms with Crippen LogP contribution in [0.3, 0.4) is 0 Å². The molecule has 1 amide bonds. The van der Waals surface area contributed by atoms with Gasteiger partial charge in [-0.2, -0.15) is 0 Å². The first-order valence-corrected chi connectivity index (χ1v) is 7.66. The van der Waals surface area contributed by atoms with Gasteiger partial charge in [0.05, 0.1) is 0 Å². The smallest absolute Gasteiger partial charge is 0.244 e. The Balaban J connectivity index is 2.38. The fourth-order valence-electron chi connectivity index (χ4n) is 1.95. The van der Waals surface area contributed by atoms with Crippen molar-refractivity contribution in [3.05, 3.63) is 28.0 Å². The normalized spacial score (nSPS) is 12.8. The van der Waals surface area contributed by atoms with Crippen LogP contribution in [0.5, 0.6) is 0 Å². The summed E-state index contributed by atoms with van der Waals surface area (Å²) in [4.78, 5) is 12.8. The molecule has 0 aliphatic heterocycles. The van der Waals surface area contributed by atoms with Gasteiger partial charge in [0.2, 0.25) is 5.91 Å². The third kappa shape index (κ3) is 6.03. The summed E-state index contributed by atoms with van der Waals surface area (Å²) < 4.78 is 0. The molecule has 0 bridgehead atoms. The first kappa shape index (κ1) is 15.9. The van der Waals surface area contributed by atoms with Gasteiger partial charge in [-0.25, -0.2) is 0 Å². The van der Waals surface area contributed by atoms with Gasteiger partial charge < -0.3 is 10.4 Å². The van der Waals surface area contributed by atoms with Gasteiger partial charge in [-0.15, -0.1) is 11.3 Å². The lowest BCUT2D eigenvalue weighted by molar-refractivity contribution is -0.116. The van der Waals surface area contributed by atoms with E-state index < -0.39 is 0 Å². The predicted molar refractivity (Wildman–Crippen MR) is 81.2 cm³/mol. The molecule has 1 heterocycles. The molecule has 0 aromatic carbocycles. The van der Waals surface area contributed by atoms with E-state index in [1.54, 1.807) is 17.4 Å². The Morgan fingerprint density at radius 1 is 1.53 bits per heavy atom. The van der Waals surface area contributed by atoms with Crippen molar-refractivity contribution in [2.24, 2.45) is 5.92 Å². The molecular weight excluding hydrogens is 258 g/mol. The molecule has 1 aromatic rings. The van der Waals surface area contributed by atoms with E-state index in [9.17, 15) is 4.79 Å². The van der Waals surface area contributed by atoms with Crippen molar-refractivity contribution in [2.45, 2.75) is 33.1 Å².